The number of aliphatic hydroxyl groups excluding tert-OH is 1. The van der Waals surface area contributed by atoms with Gasteiger partial charge in [-0.15, -0.1) is 0 Å². The molecule has 1 heterocycles. The molecule has 0 aliphatic rings. The van der Waals surface area contributed by atoms with Crippen LogP contribution in [-0.2, 0) is 6.61 Å². The number of benzene rings is 1. The minimum Gasteiger partial charge on any atom is -0.485 e. The quantitative estimate of drug-likeness (QED) is 0.876. The summed E-state index contributed by atoms with van der Waals surface area (Å²) in [5.74, 6) is 1.63. The van der Waals surface area contributed by atoms with E-state index in [1.807, 2.05) is 18.2 Å². The van der Waals surface area contributed by atoms with Gasteiger partial charge in [-0.05, 0) is 13.0 Å². The predicted molar refractivity (Wildman–Crippen MR) is 60.4 cm³/mol. The Labute approximate surface area is 99.0 Å². The first-order valence-corrected chi connectivity index (χ1v) is 5.36. The van der Waals surface area contributed by atoms with Crippen molar-refractivity contribution in [2.75, 3.05) is 0 Å². The molecule has 0 aliphatic carbocycles. The van der Waals surface area contributed by atoms with E-state index in [2.05, 4.69) is 10.1 Å². The summed E-state index contributed by atoms with van der Waals surface area (Å²) in [5.41, 5.74) is 0.743. The Bertz CT molecular complexity index is 494. The van der Waals surface area contributed by atoms with Gasteiger partial charge in [0.1, 0.15) is 5.75 Å². The van der Waals surface area contributed by atoms with Crippen LogP contribution in [0.2, 0.25) is 0 Å². The van der Waals surface area contributed by atoms with Crippen LogP contribution < -0.4 is 4.74 Å². The summed E-state index contributed by atoms with van der Waals surface area (Å²) in [6, 6.07) is 7.33. The van der Waals surface area contributed by atoms with Gasteiger partial charge in [-0.25, -0.2) is 0 Å². The van der Waals surface area contributed by atoms with E-state index in [0.29, 0.717) is 17.5 Å². The van der Waals surface area contributed by atoms with Gasteiger partial charge in [-0.3, -0.25) is 0 Å². The molecule has 1 aromatic heterocycles. The molecule has 0 amide bonds. The average molecular weight is 234 g/mol. The summed E-state index contributed by atoms with van der Waals surface area (Å²) in [5, 5.41) is 13.3. The fourth-order valence-corrected chi connectivity index (χ4v) is 1.50. The largest absolute Gasteiger partial charge is 0.485 e. The second-order valence-electron chi connectivity index (χ2n) is 3.73. The lowest BCUT2D eigenvalue weighted by molar-refractivity contribution is 0.189. The zero-order chi connectivity index (χ0) is 12.3. The van der Waals surface area contributed by atoms with Crippen molar-refractivity contribution in [3.8, 4) is 5.75 Å². The van der Waals surface area contributed by atoms with Gasteiger partial charge in [0.05, 0.1) is 6.10 Å². The predicted octanol–water partition coefficient (Wildman–Crippen LogP) is 2.01. The molecular weight excluding hydrogens is 220 g/mol. The molecule has 5 heteroatoms. The molecule has 0 bridgehead atoms. The summed E-state index contributed by atoms with van der Waals surface area (Å²) < 4.78 is 10.4. The zero-order valence-corrected chi connectivity index (χ0v) is 9.75. The van der Waals surface area contributed by atoms with E-state index in [1.54, 1.807) is 19.9 Å². The standard InChI is InChI=1S/C12H14N2O3/c1-8(15)10-5-3-4-6-11(10)16-7-12-13-9(2)17-14-12/h3-6,8,15H,7H2,1-2H3/t8-/m1/s1. The maximum Gasteiger partial charge on any atom is 0.223 e. The molecule has 0 saturated heterocycles. The summed E-state index contributed by atoms with van der Waals surface area (Å²) in [7, 11) is 0. The van der Waals surface area contributed by atoms with Crippen LogP contribution in [0.4, 0.5) is 0 Å². The van der Waals surface area contributed by atoms with Crippen molar-refractivity contribution in [1.82, 2.24) is 10.1 Å². The molecule has 1 N–H and O–H groups in total. The fourth-order valence-electron chi connectivity index (χ4n) is 1.50. The van der Waals surface area contributed by atoms with Gasteiger partial charge in [0.25, 0.3) is 0 Å². The van der Waals surface area contributed by atoms with Crippen LogP contribution in [0.1, 0.15) is 30.3 Å². The summed E-state index contributed by atoms with van der Waals surface area (Å²) in [6.07, 6.45) is -0.571. The molecule has 1 aromatic carbocycles. The third-order valence-electron chi connectivity index (χ3n) is 2.30. The Balaban J connectivity index is 2.08. The molecule has 2 aromatic rings. The van der Waals surface area contributed by atoms with Crippen molar-refractivity contribution in [3.05, 3.63) is 41.5 Å². The molecule has 0 aliphatic heterocycles. The maximum atomic E-state index is 9.58. The van der Waals surface area contributed by atoms with Crippen molar-refractivity contribution in [1.29, 1.82) is 0 Å². The Kier molecular flexibility index (Phi) is 3.39. The Morgan fingerprint density at radius 1 is 1.41 bits per heavy atom. The SMILES string of the molecule is Cc1nc(COc2ccccc2[C@@H](C)O)no1. The molecule has 0 spiro atoms. The van der Waals surface area contributed by atoms with Crippen molar-refractivity contribution in [3.63, 3.8) is 0 Å². The van der Waals surface area contributed by atoms with E-state index in [4.69, 9.17) is 9.26 Å². The Morgan fingerprint density at radius 2 is 2.18 bits per heavy atom. The van der Waals surface area contributed by atoms with Gasteiger partial charge in [-0.2, -0.15) is 4.98 Å². The van der Waals surface area contributed by atoms with Gasteiger partial charge in [-0.1, -0.05) is 23.4 Å². The molecule has 2 rings (SSSR count). The van der Waals surface area contributed by atoms with Crippen LogP contribution in [0.5, 0.6) is 5.75 Å². The summed E-state index contributed by atoms with van der Waals surface area (Å²) in [4.78, 5) is 4.03. The monoisotopic (exact) mass is 234 g/mol. The van der Waals surface area contributed by atoms with Crippen LogP contribution in [0.25, 0.3) is 0 Å². The van der Waals surface area contributed by atoms with Gasteiger partial charge in [0.2, 0.25) is 11.7 Å². The first-order valence-electron chi connectivity index (χ1n) is 5.36. The second kappa shape index (κ2) is 4.97. The number of aromatic nitrogens is 2. The molecule has 5 nitrogen and oxygen atoms in total. The Morgan fingerprint density at radius 3 is 2.82 bits per heavy atom. The lowest BCUT2D eigenvalue weighted by Gasteiger charge is -2.11. The van der Waals surface area contributed by atoms with Crippen LogP contribution in [-0.4, -0.2) is 15.2 Å². The molecule has 0 unspecified atom stereocenters. The zero-order valence-electron chi connectivity index (χ0n) is 9.75. The number of hydrogen-bond donors (Lipinski definition) is 1. The maximum absolute atomic E-state index is 9.58. The van der Waals surface area contributed by atoms with Gasteiger partial charge in [0.15, 0.2) is 6.61 Å². The number of rotatable bonds is 4. The number of aryl methyl sites for hydroxylation is 1. The van der Waals surface area contributed by atoms with Gasteiger partial charge in [0, 0.05) is 12.5 Å². The molecule has 90 valence electrons. The van der Waals surface area contributed by atoms with E-state index in [0.717, 1.165) is 5.56 Å². The highest BCUT2D eigenvalue weighted by Gasteiger charge is 2.09. The number of ether oxygens (including phenoxy) is 1. The average Bonchev–Trinajstić information content (AvgIpc) is 2.73. The minimum atomic E-state index is -0.571. The topological polar surface area (TPSA) is 68.4 Å². The third-order valence-corrected chi connectivity index (χ3v) is 2.30. The van der Waals surface area contributed by atoms with Crippen LogP contribution in [0.3, 0.4) is 0 Å². The van der Waals surface area contributed by atoms with Crippen LogP contribution >= 0.6 is 0 Å². The highest BCUT2D eigenvalue weighted by atomic mass is 16.5. The summed E-state index contributed by atoms with van der Waals surface area (Å²) >= 11 is 0. The molecule has 0 radical (unpaired) electrons. The van der Waals surface area contributed by atoms with E-state index in [-0.39, 0.29) is 6.61 Å². The van der Waals surface area contributed by atoms with E-state index < -0.39 is 6.10 Å². The van der Waals surface area contributed by atoms with E-state index in [9.17, 15) is 5.11 Å². The molecular formula is C12H14N2O3. The molecule has 17 heavy (non-hydrogen) atoms. The number of aliphatic hydroxyl groups is 1. The number of nitrogens with zero attached hydrogens (tertiary/aromatic N) is 2. The highest BCUT2D eigenvalue weighted by Crippen LogP contribution is 2.24. The molecule has 0 fully saturated rings. The minimum absolute atomic E-state index is 0.223. The normalized spacial score (nSPS) is 12.4. The van der Waals surface area contributed by atoms with Crippen molar-refractivity contribution in [2.45, 2.75) is 26.6 Å². The van der Waals surface area contributed by atoms with Crippen LogP contribution in [0, 0.1) is 6.92 Å². The van der Waals surface area contributed by atoms with Crippen molar-refractivity contribution >= 4 is 0 Å². The van der Waals surface area contributed by atoms with Crippen molar-refractivity contribution < 1.29 is 14.4 Å². The van der Waals surface area contributed by atoms with Crippen LogP contribution in [0.15, 0.2) is 28.8 Å². The number of hydrogen-bond acceptors (Lipinski definition) is 5. The molecule has 0 saturated carbocycles. The van der Waals surface area contributed by atoms with Crippen molar-refractivity contribution in [2.24, 2.45) is 0 Å². The fraction of sp³-hybridized carbons (Fsp3) is 0.333. The first kappa shape index (κ1) is 11.6. The highest BCUT2D eigenvalue weighted by molar-refractivity contribution is 5.34. The van der Waals surface area contributed by atoms with E-state index >= 15 is 0 Å². The number of para-hydroxylation sites is 1. The molecule has 1 atom stereocenters. The third kappa shape index (κ3) is 2.82. The lowest BCUT2D eigenvalue weighted by Crippen LogP contribution is -2.02. The van der Waals surface area contributed by atoms with Gasteiger partial charge < -0.3 is 14.4 Å². The Hall–Kier alpha value is -1.88. The summed E-state index contributed by atoms with van der Waals surface area (Å²) in [6.45, 7) is 3.64. The smallest absolute Gasteiger partial charge is 0.223 e. The van der Waals surface area contributed by atoms with Gasteiger partial charge >= 0.3 is 0 Å². The second-order valence-corrected chi connectivity index (χ2v) is 3.73. The lowest BCUT2D eigenvalue weighted by atomic mass is 10.1. The van der Waals surface area contributed by atoms with E-state index in [1.165, 1.54) is 0 Å². The first-order chi connectivity index (χ1) is 8.16.